The molecular weight excluding hydrogens is 747 g/mol. The number of allylic oxidation sites excluding steroid dienone is 3. The Kier molecular flexibility index (Phi) is 7.97. The highest BCUT2D eigenvalue weighted by Gasteiger charge is 2.47. The number of fused-ring (bicyclic) bond motifs is 9. The molecule has 0 fully saturated rings. The van der Waals surface area contributed by atoms with E-state index in [4.69, 9.17) is 0 Å². The largest absolute Gasteiger partial charge is 0.337 e. The Hall–Kier alpha value is -7.22. The third kappa shape index (κ3) is 5.28. The first kappa shape index (κ1) is 35.5. The topological polar surface area (TPSA) is 3.24 Å². The van der Waals surface area contributed by atoms with E-state index in [0.717, 1.165) is 25.7 Å². The van der Waals surface area contributed by atoms with Crippen LogP contribution in [0.25, 0.3) is 71.4 Å². The predicted molar refractivity (Wildman–Crippen MR) is 262 cm³/mol. The van der Waals surface area contributed by atoms with Crippen LogP contribution < -0.4 is 4.90 Å². The van der Waals surface area contributed by atoms with Crippen LogP contribution in [0.15, 0.2) is 212 Å². The molecule has 0 amide bonds. The van der Waals surface area contributed by atoms with Crippen LogP contribution in [-0.4, -0.2) is 6.04 Å². The fourth-order valence-corrected chi connectivity index (χ4v) is 12.0. The lowest BCUT2D eigenvalue weighted by atomic mass is 9.75. The normalized spacial score (nSPS) is 18.1. The molecule has 4 aliphatic rings. The first-order valence-electron chi connectivity index (χ1n) is 22.4. The number of hydrogen-bond acceptors (Lipinski definition) is 1. The molecular formula is C61H45N. The molecule has 9 aromatic carbocycles. The molecule has 62 heavy (non-hydrogen) atoms. The van der Waals surface area contributed by atoms with Crippen molar-refractivity contribution in [3.8, 4) is 33.4 Å². The minimum absolute atomic E-state index is 0.0919. The van der Waals surface area contributed by atoms with E-state index in [1.165, 1.54) is 105 Å². The molecule has 0 saturated heterocycles. The number of hydrogen-bond donors (Lipinski definition) is 0. The summed E-state index contributed by atoms with van der Waals surface area (Å²) < 4.78 is 0. The number of benzene rings is 9. The average Bonchev–Trinajstić information content (AvgIpc) is 4.04. The number of nitrogens with zero attached hydrogens (tertiary/aromatic N) is 1. The Morgan fingerprint density at radius 3 is 1.95 bits per heavy atom. The third-order valence-corrected chi connectivity index (χ3v) is 14.7. The molecule has 0 radical (unpaired) electrons. The van der Waals surface area contributed by atoms with Gasteiger partial charge >= 0.3 is 0 Å². The van der Waals surface area contributed by atoms with Gasteiger partial charge in [-0.2, -0.15) is 0 Å². The first-order chi connectivity index (χ1) is 30.7. The molecule has 13 rings (SSSR count). The van der Waals surface area contributed by atoms with E-state index in [1.807, 2.05) is 0 Å². The molecule has 9 aromatic rings. The molecule has 1 aliphatic heterocycles. The van der Waals surface area contributed by atoms with Gasteiger partial charge in [-0.15, -0.1) is 0 Å². The monoisotopic (exact) mass is 791 g/mol. The fraction of sp³-hybridized carbons (Fsp3) is 0.115. The van der Waals surface area contributed by atoms with Gasteiger partial charge in [0.1, 0.15) is 0 Å². The molecule has 2 unspecified atom stereocenters. The van der Waals surface area contributed by atoms with Gasteiger partial charge in [0, 0.05) is 28.8 Å². The predicted octanol–water partition coefficient (Wildman–Crippen LogP) is 15.3. The van der Waals surface area contributed by atoms with Crippen LogP contribution in [0.2, 0.25) is 0 Å². The van der Waals surface area contributed by atoms with Crippen molar-refractivity contribution in [1.82, 2.24) is 0 Å². The zero-order valence-electron chi connectivity index (χ0n) is 34.6. The Morgan fingerprint density at radius 1 is 0.452 bits per heavy atom. The molecule has 0 N–H and O–H groups in total. The van der Waals surface area contributed by atoms with Crippen LogP contribution in [0.3, 0.4) is 0 Å². The SMILES string of the molecule is C1=CCC(C2CC=C(c3ccccc3)N2c2ccc3c(-c4cccc5ccccc45)c4ccccc4c(-c4ccc5c(c4)C4(Cc6ccccc6C4)c4ccccc4-5)c3c2)C=C1. The lowest BCUT2D eigenvalue weighted by molar-refractivity contribution is 0.514. The molecule has 1 heterocycles. The van der Waals surface area contributed by atoms with Gasteiger partial charge in [0.2, 0.25) is 0 Å². The van der Waals surface area contributed by atoms with E-state index in [0.29, 0.717) is 12.0 Å². The zero-order chi connectivity index (χ0) is 40.8. The molecule has 0 bridgehead atoms. The molecule has 0 saturated carbocycles. The van der Waals surface area contributed by atoms with E-state index < -0.39 is 0 Å². The van der Waals surface area contributed by atoms with Crippen molar-refractivity contribution < 1.29 is 0 Å². The minimum atomic E-state index is -0.0919. The fourth-order valence-electron chi connectivity index (χ4n) is 12.0. The summed E-state index contributed by atoms with van der Waals surface area (Å²) >= 11 is 0. The van der Waals surface area contributed by atoms with E-state index in [2.05, 4.69) is 217 Å². The van der Waals surface area contributed by atoms with Gasteiger partial charge in [-0.1, -0.05) is 194 Å². The zero-order valence-corrected chi connectivity index (χ0v) is 34.6. The van der Waals surface area contributed by atoms with Crippen LogP contribution in [0.5, 0.6) is 0 Å². The molecule has 1 spiro atoms. The third-order valence-electron chi connectivity index (χ3n) is 14.7. The standard InChI is InChI=1S/C61H45N/c1-3-17-41(18-4-1)57-34-35-58(42-19-5-2-6-20-42)62(57)46-31-33-53-54(37-46)59(51-26-11-12-27-52(51)60(53)50-28-15-23-40-16-9-10-24-47(40)50)43-30-32-49-48-25-13-14-29-55(48)61(56(49)36-43)38-44-21-7-8-22-45(44)39-61/h1-19,21-34,36-37,42,58H,20,35,38-39H2. The summed E-state index contributed by atoms with van der Waals surface area (Å²) in [5.74, 6) is 0.417. The second-order valence-corrected chi connectivity index (χ2v) is 17.9. The van der Waals surface area contributed by atoms with Crippen molar-refractivity contribution in [1.29, 1.82) is 0 Å². The lowest BCUT2D eigenvalue weighted by Gasteiger charge is -2.35. The van der Waals surface area contributed by atoms with Gasteiger partial charge < -0.3 is 4.90 Å². The molecule has 294 valence electrons. The van der Waals surface area contributed by atoms with Crippen molar-refractivity contribution >= 4 is 43.7 Å². The number of rotatable bonds is 5. The summed E-state index contributed by atoms with van der Waals surface area (Å²) in [5.41, 5.74) is 17.5. The molecule has 0 aromatic heterocycles. The minimum Gasteiger partial charge on any atom is -0.337 e. The summed E-state index contributed by atoms with van der Waals surface area (Å²) in [6.07, 6.45) is 15.8. The molecule has 3 aliphatic carbocycles. The highest BCUT2D eigenvalue weighted by Crippen LogP contribution is 2.57. The second-order valence-electron chi connectivity index (χ2n) is 17.9. The Bertz CT molecular complexity index is 3350. The first-order valence-corrected chi connectivity index (χ1v) is 22.4. The van der Waals surface area contributed by atoms with E-state index >= 15 is 0 Å². The van der Waals surface area contributed by atoms with Crippen LogP contribution in [0.4, 0.5) is 5.69 Å². The number of anilines is 1. The van der Waals surface area contributed by atoms with Crippen molar-refractivity contribution in [2.24, 2.45) is 5.92 Å². The van der Waals surface area contributed by atoms with Crippen LogP contribution in [0.1, 0.15) is 40.7 Å². The van der Waals surface area contributed by atoms with Crippen molar-refractivity contribution in [3.63, 3.8) is 0 Å². The van der Waals surface area contributed by atoms with Gasteiger partial charge in [0.15, 0.2) is 0 Å². The molecule has 1 heteroatoms. The van der Waals surface area contributed by atoms with Crippen LogP contribution in [0, 0.1) is 5.92 Å². The smallest absolute Gasteiger partial charge is 0.0447 e. The Labute approximate surface area is 363 Å². The highest BCUT2D eigenvalue weighted by molar-refractivity contribution is 6.24. The maximum Gasteiger partial charge on any atom is 0.0447 e. The van der Waals surface area contributed by atoms with E-state index in [1.54, 1.807) is 0 Å². The summed E-state index contributed by atoms with van der Waals surface area (Å²) in [6.45, 7) is 0. The highest BCUT2D eigenvalue weighted by atomic mass is 15.2. The van der Waals surface area contributed by atoms with Gasteiger partial charge in [-0.25, -0.2) is 0 Å². The summed E-state index contributed by atoms with van der Waals surface area (Å²) in [4.78, 5) is 2.67. The Morgan fingerprint density at radius 2 is 1.13 bits per heavy atom. The van der Waals surface area contributed by atoms with Crippen LogP contribution >= 0.6 is 0 Å². The van der Waals surface area contributed by atoms with Gasteiger partial charge in [0.05, 0.1) is 0 Å². The Balaban J connectivity index is 1.09. The van der Waals surface area contributed by atoms with Gasteiger partial charge in [0.25, 0.3) is 0 Å². The second kappa shape index (κ2) is 13.9. The van der Waals surface area contributed by atoms with Crippen molar-refractivity contribution in [2.75, 3.05) is 4.90 Å². The molecule has 2 atom stereocenters. The van der Waals surface area contributed by atoms with Gasteiger partial charge in [-0.05, 0) is 137 Å². The lowest BCUT2D eigenvalue weighted by Crippen LogP contribution is -2.35. The van der Waals surface area contributed by atoms with Crippen molar-refractivity contribution in [3.05, 3.63) is 240 Å². The summed E-state index contributed by atoms with van der Waals surface area (Å²) in [7, 11) is 0. The summed E-state index contributed by atoms with van der Waals surface area (Å²) in [5, 5.41) is 7.69. The van der Waals surface area contributed by atoms with Crippen molar-refractivity contribution in [2.45, 2.75) is 37.1 Å². The van der Waals surface area contributed by atoms with Gasteiger partial charge in [-0.3, -0.25) is 0 Å². The van der Waals surface area contributed by atoms with Crippen LogP contribution in [-0.2, 0) is 18.3 Å². The average molecular weight is 792 g/mol. The quantitative estimate of drug-likeness (QED) is 0.157. The maximum atomic E-state index is 2.67. The molecule has 1 nitrogen and oxygen atoms in total. The summed E-state index contributed by atoms with van der Waals surface area (Å²) in [6, 6.07) is 69.5. The maximum absolute atomic E-state index is 2.67. The van der Waals surface area contributed by atoms with E-state index in [9.17, 15) is 0 Å². The van der Waals surface area contributed by atoms with E-state index in [-0.39, 0.29) is 5.41 Å².